The Balaban J connectivity index is 0.000001000. The Bertz CT molecular complexity index is 140. The molecule has 0 aromatic carbocycles. The summed E-state index contributed by atoms with van der Waals surface area (Å²) in [4.78, 5) is 0. The first-order valence-corrected chi connectivity index (χ1v) is 3.88. The predicted molar refractivity (Wildman–Crippen MR) is 42.4 cm³/mol. The number of rotatable bonds is 0. The minimum absolute atomic E-state index is 0. The van der Waals surface area contributed by atoms with Crippen LogP contribution in [0.2, 0.25) is 0 Å². The van der Waals surface area contributed by atoms with Crippen molar-refractivity contribution < 1.29 is 23.3 Å². The fourth-order valence-electron chi connectivity index (χ4n) is 1.12. The van der Waals surface area contributed by atoms with Gasteiger partial charge in [0.1, 0.15) is 0 Å². The van der Waals surface area contributed by atoms with Gasteiger partial charge < -0.3 is 4.74 Å². The van der Waals surface area contributed by atoms with Crippen LogP contribution in [0.1, 0.15) is 34.6 Å². The molecule has 1 nitrogen and oxygen atoms in total. The van der Waals surface area contributed by atoms with E-state index in [4.69, 9.17) is 4.74 Å². The summed E-state index contributed by atoms with van der Waals surface area (Å²) in [5.74, 6) is 0. The van der Waals surface area contributed by atoms with Crippen molar-refractivity contribution in [2.24, 2.45) is 10.8 Å². The Hall–Kier alpha value is 0.544. The van der Waals surface area contributed by atoms with Gasteiger partial charge in [0.2, 0.25) is 0 Å². The maximum atomic E-state index is 5.46. The van der Waals surface area contributed by atoms with Crippen molar-refractivity contribution in [3.05, 3.63) is 6.61 Å². The molecule has 1 unspecified atom stereocenters. The van der Waals surface area contributed by atoms with Crippen molar-refractivity contribution in [3.8, 4) is 0 Å². The zero-order valence-electron chi connectivity index (χ0n) is 8.01. The Kier molecular flexibility index (Phi) is 3.28. The smallest absolute Gasteiger partial charge is 0.0235 e. The average molecular weight is 192 g/mol. The molecule has 1 aliphatic rings. The molecule has 1 radical (unpaired) electrons. The normalized spacial score (nSPS) is 33.0. The van der Waals surface area contributed by atoms with Gasteiger partial charge in [0.25, 0.3) is 0 Å². The van der Waals surface area contributed by atoms with Crippen molar-refractivity contribution >= 4 is 0 Å². The Morgan fingerprint density at radius 3 is 1.73 bits per heavy atom. The molecule has 0 amide bonds. The van der Waals surface area contributed by atoms with Crippen LogP contribution in [-0.2, 0) is 23.3 Å². The minimum atomic E-state index is 0. The Morgan fingerprint density at radius 2 is 1.64 bits per heavy atom. The molecule has 0 spiro atoms. The fraction of sp³-hybridized carbons (Fsp3) is 0.889. The molecular formula is C9H17OV-. The SMILES string of the molecule is CC1O[CH-]C(C)(C)C1(C)C.[V]. The topological polar surface area (TPSA) is 9.23 Å². The summed E-state index contributed by atoms with van der Waals surface area (Å²) in [7, 11) is 0. The van der Waals surface area contributed by atoms with Gasteiger partial charge in [0, 0.05) is 24.7 Å². The third-order valence-corrected chi connectivity index (χ3v) is 3.24. The second kappa shape index (κ2) is 3.12. The fourth-order valence-corrected chi connectivity index (χ4v) is 1.12. The van der Waals surface area contributed by atoms with Crippen molar-refractivity contribution in [1.82, 2.24) is 0 Å². The van der Waals surface area contributed by atoms with E-state index in [9.17, 15) is 0 Å². The van der Waals surface area contributed by atoms with Gasteiger partial charge in [0.05, 0.1) is 0 Å². The molecule has 1 heterocycles. The van der Waals surface area contributed by atoms with Crippen molar-refractivity contribution in [2.75, 3.05) is 0 Å². The summed E-state index contributed by atoms with van der Waals surface area (Å²) in [5, 5.41) is 0. The third kappa shape index (κ3) is 1.66. The van der Waals surface area contributed by atoms with Crippen LogP contribution in [0, 0.1) is 17.4 Å². The summed E-state index contributed by atoms with van der Waals surface area (Å²) in [5.41, 5.74) is 0.486. The summed E-state index contributed by atoms with van der Waals surface area (Å²) in [6, 6.07) is 0. The maximum Gasteiger partial charge on any atom is 0.0235 e. The Labute approximate surface area is 81.8 Å². The molecule has 0 saturated carbocycles. The van der Waals surface area contributed by atoms with Crippen LogP contribution in [0.3, 0.4) is 0 Å². The predicted octanol–water partition coefficient (Wildman–Crippen LogP) is 2.62. The van der Waals surface area contributed by atoms with Gasteiger partial charge in [-0.25, -0.2) is 6.61 Å². The molecule has 0 aliphatic carbocycles. The van der Waals surface area contributed by atoms with Gasteiger partial charge in [-0.3, -0.25) is 0 Å². The van der Waals surface area contributed by atoms with Crippen molar-refractivity contribution in [2.45, 2.75) is 40.7 Å². The van der Waals surface area contributed by atoms with E-state index in [1.165, 1.54) is 0 Å². The van der Waals surface area contributed by atoms with Gasteiger partial charge in [-0.1, -0.05) is 27.7 Å². The zero-order valence-corrected chi connectivity index (χ0v) is 9.41. The van der Waals surface area contributed by atoms with Gasteiger partial charge in [-0.2, -0.15) is 0 Å². The molecule has 11 heavy (non-hydrogen) atoms. The van der Waals surface area contributed by atoms with E-state index in [-0.39, 0.29) is 29.4 Å². The van der Waals surface area contributed by atoms with E-state index in [1.54, 1.807) is 0 Å². The molecular weight excluding hydrogens is 175 g/mol. The monoisotopic (exact) mass is 192 g/mol. The van der Waals surface area contributed by atoms with Crippen molar-refractivity contribution in [1.29, 1.82) is 0 Å². The molecule has 0 N–H and O–H groups in total. The molecule has 1 rings (SSSR count). The van der Waals surface area contributed by atoms with E-state index >= 15 is 0 Å². The molecule has 0 aromatic rings. The third-order valence-electron chi connectivity index (χ3n) is 3.24. The van der Waals surface area contributed by atoms with Gasteiger partial charge in [-0.05, 0) is 12.3 Å². The largest absolute Gasteiger partial charge is 0.549 e. The number of hydrogen-bond donors (Lipinski definition) is 0. The van der Waals surface area contributed by atoms with E-state index in [0.717, 1.165) is 0 Å². The number of hydrogen-bond acceptors (Lipinski definition) is 1. The minimum Gasteiger partial charge on any atom is -0.549 e. The van der Waals surface area contributed by atoms with Crippen LogP contribution in [0.25, 0.3) is 0 Å². The molecule has 0 aromatic heterocycles. The first kappa shape index (κ1) is 11.5. The first-order valence-electron chi connectivity index (χ1n) is 3.88. The maximum absolute atomic E-state index is 5.46. The Morgan fingerprint density at radius 1 is 1.18 bits per heavy atom. The van der Waals surface area contributed by atoms with Gasteiger partial charge in [-0.15, -0.1) is 5.41 Å². The summed E-state index contributed by atoms with van der Waals surface area (Å²) < 4.78 is 5.46. The summed E-state index contributed by atoms with van der Waals surface area (Å²) in [6.07, 6.45) is 0.350. The van der Waals surface area contributed by atoms with Crippen LogP contribution in [0.4, 0.5) is 0 Å². The quantitative estimate of drug-likeness (QED) is 0.536. The molecule has 2 heteroatoms. The van der Waals surface area contributed by atoms with E-state index in [0.29, 0.717) is 6.10 Å². The van der Waals surface area contributed by atoms with Crippen LogP contribution >= 0.6 is 0 Å². The van der Waals surface area contributed by atoms with Crippen LogP contribution in [0.5, 0.6) is 0 Å². The molecule has 1 fully saturated rings. The van der Waals surface area contributed by atoms with Crippen LogP contribution in [0.15, 0.2) is 0 Å². The zero-order chi connectivity index (χ0) is 7.99. The van der Waals surface area contributed by atoms with Gasteiger partial charge >= 0.3 is 0 Å². The van der Waals surface area contributed by atoms with E-state index in [2.05, 4.69) is 34.6 Å². The second-order valence-corrected chi connectivity index (χ2v) is 4.34. The van der Waals surface area contributed by atoms with E-state index < -0.39 is 0 Å². The molecule has 1 atom stereocenters. The van der Waals surface area contributed by atoms with Gasteiger partial charge in [0.15, 0.2) is 0 Å². The summed E-state index contributed by atoms with van der Waals surface area (Å²) >= 11 is 0. The molecule has 1 saturated heterocycles. The van der Waals surface area contributed by atoms with Crippen LogP contribution in [-0.4, -0.2) is 6.10 Å². The molecule has 65 valence electrons. The first-order chi connectivity index (χ1) is 4.38. The number of ether oxygens (including phenoxy) is 1. The molecule has 1 aliphatic heterocycles. The van der Waals surface area contributed by atoms with Crippen molar-refractivity contribution in [3.63, 3.8) is 0 Å². The molecule has 0 bridgehead atoms. The second-order valence-electron chi connectivity index (χ2n) is 4.34. The standard InChI is InChI=1S/C9H17O.V/c1-7-9(4,5)8(2,3)6-10-7;/h6-7H,1-5H3;/q-1;. The average Bonchev–Trinajstić information content (AvgIpc) is 1.94. The van der Waals surface area contributed by atoms with E-state index in [1.807, 2.05) is 6.61 Å². The van der Waals surface area contributed by atoms with Crippen LogP contribution < -0.4 is 0 Å². The summed E-state index contributed by atoms with van der Waals surface area (Å²) in [6.45, 7) is 13.0.